The van der Waals surface area contributed by atoms with Gasteiger partial charge in [-0.05, 0) is 44.4 Å². The van der Waals surface area contributed by atoms with Crippen LogP contribution in [0.5, 0.6) is 0 Å². The molecule has 32 heavy (non-hydrogen) atoms. The van der Waals surface area contributed by atoms with Crippen LogP contribution in [0.1, 0.15) is 52.5 Å². The molecule has 6 heteroatoms. The zero-order valence-electron chi connectivity index (χ0n) is 19.8. The zero-order valence-corrected chi connectivity index (χ0v) is 19.8. The number of nitrogens with zero attached hydrogens (tertiary/aromatic N) is 4. The zero-order chi connectivity index (χ0) is 23.6. The lowest BCUT2D eigenvalue weighted by molar-refractivity contribution is 0.0226. The van der Waals surface area contributed by atoms with Crippen molar-refractivity contribution in [3.63, 3.8) is 0 Å². The van der Waals surface area contributed by atoms with Crippen LogP contribution in [0.3, 0.4) is 0 Å². The van der Waals surface area contributed by atoms with E-state index in [-0.39, 0.29) is 0 Å². The molecule has 3 aromatic rings. The molecule has 1 unspecified atom stereocenters. The molecule has 2 heterocycles. The van der Waals surface area contributed by atoms with Crippen LogP contribution in [-0.2, 0) is 5.60 Å². The first-order valence-electron chi connectivity index (χ1n) is 11.0. The Hall–Kier alpha value is -3.25. The van der Waals surface area contributed by atoms with Crippen molar-refractivity contribution < 1.29 is 5.11 Å². The van der Waals surface area contributed by atoms with E-state index < -0.39 is 5.60 Å². The molecule has 0 saturated heterocycles. The number of imidazole rings is 1. The summed E-state index contributed by atoms with van der Waals surface area (Å²) in [5.41, 5.74) is 2.36. The SMILES string of the molecule is C=c1/c(=C(\N=C(C)C)NC)ncn1-c1ccncc1.CCCC(O)(CC)c1ccccc1. The van der Waals surface area contributed by atoms with Crippen molar-refractivity contribution in [2.45, 2.75) is 52.6 Å². The standard InChI is InChI=1S/C14H17N5.C12H18O/c1-10(2)18-14(15-4)13-11(3)19(9-17-13)12-5-7-16-8-6-12;1-3-10-12(13,4-2)11-8-6-5-7-9-11/h5-9,15H,3H2,1-2,4H3;5-9,13H,3-4,10H2,1-2H3/b14-13+;. The second kappa shape index (κ2) is 12.0. The highest BCUT2D eigenvalue weighted by atomic mass is 16.3. The maximum atomic E-state index is 10.3. The lowest BCUT2D eigenvalue weighted by Gasteiger charge is -2.26. The number of hydrogen-bond acceptors (Lipinski definition) is 5. The number of aromatic nitrogens is 3. The Bertz CT molecular complexity index is 1100. The number of benzene rings is 1. The van der Waals surface area contributed by atoms with E-state index in [1.165, 1.54) is 0 Å². The van der Waals surface area contributed by atoms with Gasteiger partial charge < -0.3 is 10.4 Å². The number of aliphatic imine (C=N–C) groups is 1. The van der Waals surface area contributed by atoms with Gasteiger partial charge in [0.25, 0.3) is 0 Å². The van der Waals surface area contributed by atoms with E-state index in [0.717, 1.165) is 52.7 Å². The van der Waals surface area contributed by atoms with Gasteiger partial charge in [-0.1, -0.05) is 57.2 Å². The van der Waals surface area contributed by atoms with E-state index in [1.807, 2.05) is 74.9 Å². The molecule has 2 aromatic heterocycles. The fourth-order valence-electron chi connectivity index (χ4n) is 3.44. The number of pyridine rings is 1. The van der Waals surface area contributed by atoms with E-state index >= 15 is 0 Å². The number of rotatable bonds is 7. The van der Waals surface area contributed by atoms with Crippen molar-refractivity contribution in [2.75, 3.05) is 7.05 Å². The Labute approximate surface area is 191 Å². The topological polar surface area (TPSA) is 75.3 Å². The second-order valence-electron chi connectivity index (χ2n) is 7.77. The van der Waals surface area contributed by atoms with Crippen molar-refractivity contribution in [1.29, 1.82) is 0 Å². The van der Waals surface area contributed by atoms with Crippen molar-refractivity contribution in [1.82, 2.24) is 19.9 Å². The first-order valence-corrected chi connectivity index (χ1v) is 11.0. The predicted molar refractivity (Wildman–Crippen MR) is 133 cm³/mol. The molecule has 0 fully saturated rings. The second-order valence-corrected chi connectivity index (χ2v) is 7.77. The highest BCUT2D eigenvalue weighted by Crippen LogP contribution is 2.29. The van der Waals surface area contributed by atoms with Crippen molar-refractivity contribution in [2.24, 2.45) is 4.99 Å². The molecule has 0 saturated carbocycles. The summed E-state index contributed by atoms with van der Waals surface area (Å²) >= 11 is 0. The molecule has 0 aliphatic carbocycles. The largest absolute Gasteiger partial charge is 0.385 e. The maximum absolute atomic E-state index is 10.3. The van der Waals surface area contributed by atoms with Gasteiger partial charge in [-0.2, -0.15) is 0 Å². The Morgan fingerprint density at radius 3 is 2.31 bits per heavy atom. The monoisotopic (exact) mass is 433 g/mol. The van der Waals surface area contributed by atoms with Crippen LogP contribution in [0.4, 0.5) is 0 Å². The molecule has 2 N–H and O–H groups in total. The smallest absolute Gasteiger partial charge is 0.153 e. The molecular weight excluding hydrogens is 398 g/mol. The summed E-state index contributed by atoms with van der Waals surface area (Å²) in [6.07, 6.45) is 7.86. The van der Waals surface area contributed by atoms with Gasteiger partial charge in [0.05, 0.1) is 16.6 Å². The molecule has 0 spiro atoms. The summed E-state index contributed by atoms with van der Waals surface area (Å²) in [6.45, 7) is 12.1. The van der Waals surface area contributed by atoms with Crippen LogP contribution < -0.4 is 16.0 Å². The summed E-state index contributed by atoms with van der Waals surface area (Å²) in [5.74, 6) is 0.720. The third kappa shape index (κ3) is 6.37. The van der Waals surface area contributed by atoms with Crippen LogP contribution >= 0.6 is 0 Å². The summed E-state index contributed by atoms with van der Waals surface area (Å²) in [5, 5.41) is 14.9. The highest BCUT2D eigenvalue weighted by molar-refractivity contribution is 5.82. The van der Waals surface area contributed by atoms with Crippen LogP contribution in [0.15, 0.2) is 66.2 Å². The van der Waals surface area contributed by atoms with Gasteiger partial charge in [-0.3, -0.25) is 9.55 Å². The molecular formula is C26H35N5O. The summed E-state index contributed by atoms with van der Waals surface area (Å²) < 4.78 is 1.91. The summed E-state index contributed by atoms with van der Waals surface area (Å²) in [4.78, 5) is 12.8. The molecule has 0 amide bonds. The van der Waals surface area contributed by atoms with E-state index in [9.17, 15) is 5.11 Å². The molecule has 0 radical (unpaired) electrons. The molecule has 3 rings (SSSR count). The quantitative estimate of drug-likeness (QED) is 0.559. The van der Waals surface area contributed by atoms with Crippen LogP contribution in [-0.4, -0.2) is 32.4 Å². The van der Waals surface area contributed by atoms with Crippen LogP contribution in [0, 0.1) is 0 Å². The number of nitrogens with one attached hydrogen (secondary N) is 1. The Kier molecular flexibility index (Phi) is 9.35. The molecule has 0 bridgehead atoms. The third-order valence-corrected chi connectivity index (χ3v) is 5.16. The number of hydrogen-bond donors (Lipinski definition) is 2. The lowest BCUT2D eigenvalue weighted by Crippen LogP contribution is -2.33. The average Bonchev–Trinajstić information content (AvgIpc) is 3.20. The summed E-state index contributed by atoms with van der Waals surface area (Å²) in [6, 6.07) is 13.8. The fourth-order valence-corrected chi connectivity index (χ4v) is 3.44. The first kappa shape index (κ1) is 25.0. The Morgan fingerprint density at radius 1 is 1.12 bits per heavy atom. The van der Waals surface area contributed by atoms with E-state index in [0.29, 0.717) is 0 Å². The van der Waals surface area contributed by atoms with Gasteiger partial charge in [-0.25, -0.2) is 9.98 Å². The van der Waals surface area contributed by atoms with Gasteiger partial charge in [0, 0.05) is 25.2 Å². The third-order valence-electron chi connectivity index (χ3n) is 5.16. The van der Waals surface area contributed by atoms with Crippen LogP contribution in [0.2, 0.25) is 0 Å². The Balaban J connectivity index is 0.000000244. The predicted octanol–water partition coefficient (Wildman–Crippen LogP) is 3.53. The summed E-state index contributed by atoms with van der Waals surface area (Å²) in [7, 11) is 1.83. The van der Waals surface area contributed by atoms with Crippen LogP contribution in [0.25, 0.3) is 18.1 Å². The van der Waals surface area contributed by atoms with Crippen molar-refractivity contribution in [3.8, 4) is 5.69 Å². The number of aliphatic hydroxyl groups is 1. The molecule has 6 nitrogen and oxygen atoms in total. The molecule has 0 aliphatic heterocycles. The minimum Gasteiger partial charge on any atom is -0.385 e. The van der Waals surface area contributed by atoms with Crippen molar-refractivity contribution in [3.05, 3.63) is 77.4 Å². The van der Waals surface area contributed by atoms with Gasteiger partial charge in [0.15, 0.2) is 5.82 Å². The highest BCUT2D eigenvalue weighted by Gasteiger charge is 2.25. The minimum atomic E-state index is -0.615. The minimum absolute atomic E-state index is 0.615. The molecule has 0 aliphatic rings. The van der Waals surface area contributed by atoms with Gasteiger partial charge >= 0.3 is 0 Å². The van der Waals surface area contributed by atoms with Gasteiger partial charge in [0.2, 0.25) is 0 Å². The van der Waals surface area contributed by atoms with Gasteiger partial charge in [0.1, 0.15) is 11.7 Å². The van der Waals surface area contributed by atoms with Gasteiger partial charge in [-0.15, -0.1) is 0 Å². The Morgan fingerprint density at radius 2 is 1.78 bits per heavy atom. The normalized spacial score (nSPS) is 13.3. The van der Waals surface area contributed by atoms with E-state index in [4.69, 9.17) is 0 Å². The van der Waals surface area contributed by atoms with E-state index in [1.54, 1.807) is 18.7 Å². The molecule has 170 valence electrons. The lowest BCUT2D eigenvalue weighted by atomic mass is 9.87. The van der Waals surface area contributed by atoms with E-state index in [2.05, 4.69) is 33.8 Å². The average molecular weight is 434 g/mol. The first-order chi connectivity index (χ1) is 15.4. The fraction of sp³-hybridized carbons (Fsp3) is 0.346. The maximum Gasteiger partial charge on any atom is 0.153 e. The molecule has 1 atom stereocenters. The van der Waals surface area contributed by atoms with Crippen molar-refractivity contribution >= 4 is 18.1 Å². The molecule has 1 aromatic carbocycles.